The van der Waals surface area contributed by atoms with E-state index < -0.39 is 0 Å². The molecule has 6 heteroatoms. The van der Waals surface area contributed by atoms with Crippen molar-refractivity contribution in [3.8, 4) is 0 Å². The van der Waals surface area contributed by atoms with Crippen LogP contribution < -0.4 is 11.1 Å². The summed E-state index contributed by atoms with van der Waals surface area (Å²) >= 11 is 1.87. The van der Waals surface area contributed by atoms with Crippen LogP contribution in [-0.2, 0) is 0 Å². The Labute approximate surface area is 92.2 Å². The maximum atomic E-state index is 11.7. The molecule has 1 amide bonds. The molecule has 1 atom stereocenters. The molecule has 4 N–H and O–H groups in total. The molecule has 0 radical (unpaired) electrons. The highest BCUT2D eigenvalue weighted by molar-refractivity contribution is 7.99. The molecule has 1 fully saturated rings. The molecule has 0 bridgehead atoms. The van der Waals surface area contributed by atoms with E-state index in [1.807, 2.05) is 11.8 Å². The van der Waals surface area contributed by atoms with Crippen LogP contribution in [0.3, 0.4) is 0 Å². The molecule has 1 aromatic heterocycles. The van der Waals surface area contributed by atoms with Gasteiger partial charge in [0, 0.05) is 11.8 Å². The number of anilines is 1. The molecule has 2 rings (SSSR count). The van der Waals surface area contributed by atoms with E-state index in [9.17, 15) is 4.79 Å². The van der Waals surface area contributed by atoms with Gasteiger partial charge in [-0.25, -0.2) is 0 Å². The summed E-state index contributed by atoms with van der Waals surface area (Å²) in [6.45, 7) is 0. The monoisotopic (exact) mass is 226 g/mol. The van der Waals surface area contributed by atoms with Gasteiger partial charge < -0.3 is 11.1 Å². The van der Waals surface area contributed by atoms with Crippen LogP contribution in [0.15, 0.2) is 6.20 Å². The third-order valence-corrected chi connectivity index (χ3v) is 3.61. The number of nitrogen functional groups attached to an aromatic ring is 1. The van der Waals surface area contributed by atoms with Gasteiger partial charge in [0.25, 0.3) is 5.91 Å². The van der Waals surface area contributed by atoms with Crippen molar-refractivity contribution in [2.75, 3.05) is 17.2 Å². The van der Waals surface area contributed by atoms with E-state index in [0.29, 0.717) is 11.4 Å². The van der Waals surface area contributed by atoms with E-state index in [2.05, 4.69) is 15.5 Å². The first-order valence-corrected chi connectivity index (χ1v) is 6.10. The number of nitrogens with two attached hydrogens (primary N) is 1. The van der Waals surface area contributed by atoms with Gasteiger partial charge in [-0.1, -0.05) is 0 Å². The SMILES string of the molecule is Nc1cn[nH]c1C(=O)NC1CCCSC1. The van der Waals surface area contributed by atoms with Gasteiger partial charge in [-0.15, -0.1) is 0 Å². The van der Waals surface area contributed by atoms with Gasteiger partial charge in [-0.2, -0.15) is 16.9 Å². The Bertz CT molecular complexity index is 346. The Balaban J connectivity index is 1.94. The smallest absolute Gasteiger partial charge is 0.271 e. The van der Waals surface area contributed by atoms with E-state index >= 15 is 0 Å². The second-order valence-electron chi connectivity index (χ2n) is 3.59. The molecule has 0 spiro atoms. The molecule has 0 aromatic carbocycles. The largest absolute Gasteiger partial charge is 0.396 e. The maximum Gasteiger partial charge on any atom is 0.271 e. The van der Waals surface area contributed by atoms with Crippen LogP contribution in [0.5, 0.6) is 0 Å². The molecule has 15 heavy (non-hydrogen) atoms. The Morgan fingerprint density at radius 3 is 3.20 bits per heavy atom. The van der Waals surface area contributed by atoms with Crippen molar-refractivity contribution in [3.63, 3.8) is 0 Å². The summed E-state index contributed by atoms with van der Waals surface area (Å²) in [5.74, 6) is 2.02. The van der Waals surface area contributed by atoms with Crippen molar-refractivity contribution >= 4 is 23.4 Å². The van der Waals surface area contributed by atoms with E-state index in [4.69, 9.17) is 5.73 Å². The summed E-state index contributed by atoms with van der Waals surface area (Å²) in [4.78, 5) is 11.7. The van der Waals surface area contributed by atoms with E-state index in [0.717, 1.165) is 18.6 Å². The van der Waals surface area contributed by atoms with Gasteiger partial charge in [0.1, 0.15) is 5.69 Å². The summed E-state index contributed by atoms with van der Waals surface area (Å²) in [7, 11) is 0. The number of nitrogens with zero attached hydrogens (tertiary/aromatic N) is 1. The number of carbonyl (C=O) groups excluding carboxylic acids is 1. The van der Waals surface area contributed by atoms with Crippen LogP contribution in [-0.4, -0.2) is 33.7 Å². The number of thioether (sulfide) groups is 1. The number of hydrogen-bond acceptors (Lipinski definition) is 4. The van der Waals surface area contributed by atoms with Crippen LogP contribution in [0.2, 0.25) is 0 Å². The number of aromatic nitrogens is 2. The Morgan fingerprint density at radius 2 is 2.60 bits per heavy atom. The number of amides is 1. The average molecular weight is 226 g/mol. The number of H-pyrrole nitrogens is 1. The van der Waals surface area contributed by atoms with E-state index in [1.165, 1.54) is 11.9 Å². The molecule has 1 saturated heterocycles. The number of rotatable bonds is 2. The highest BCUT2D eigenvalue weighted by Crippen LogP contribution is 2.17. The van der Waals surface area contributed by atoms with E-state index in [1.54, 1.807) is 0 Å². The first-order chi connectivity index (χ1) is 7.27. The Kier molecular flexibility index (Phi) is 3.15. The molecule has 5 nitrogen and oxygen atoms in total. The lowest BCUT2D eigenvalue weighted by Crippen LogP contribution is -2.38. The van der Waals surface area contributed by atoms with Gasteiger partial charge in [-0.3, -0.25) is 9.89 Å². The zero-order chi connectivity index (χ0) is 10.7. The fourth-order valence-corrected chi connectivity index (χ4v) is 2.66. The van der Waals surface area contributed by atoms with Crippen LogP contribution in [0.1, 0.15) is 23.3 Å². The first-order valence-electron chi connectivity index (χ1n) is 4.95. The third kappa shape index (κ3) is 2.44. The average Bonchev–Trinajstić information content (AvgIpc) is 2.66. The van der Waals surface area contributed by atoms with Gasteiger partial charge in [0.05, 0.1) is 11.9 Å². The van der Waals surface area contributed by atoms with Crippen LogP contribution in [0, 0.1) is 0 Å². The summed E-state index contributed by atoms with van der Waals surface area (Å²) in [5, 5.41) is 9.27. The standard InChI is InChI=1S/C9H14N4OS/c10-7-4-11-13-8(7)9(14)12-6-2-1-3-15-5-6/h4,6H,1-3,5,10H2,(H,11,13)(H,12,14). The maximum absolute atomic E-state index is 11.7. The molecule has 82 valence electrons. The summed E-state index contributed by atoms with van der Waals surface area (Å²) in [6, 6.07) is 0.263. The zero-order valence-electron chi connectivity index (χ0n) is 8.32. The van der Waals surface area contributed by atoms with Gasteiger partial charge in [-0.05, 0) is 18.6 Å². The van der Waals surface area contributed by atoms with Gasteiger partial charge in [0.2, 0.25) is 0 Å². The summed E-state index contributed by atoms with van der Waals surface area (Å²) in [6.07, 6.45) is 3.66. The van der Waals surface area contributed by atoms with Crippen LogP contribution in [0.25, 0.3) is 0 Å². The number of carbonyl (C=O) groups is 1. The lowest BCUT2D eigenvalue weighted by Gasteiger charge is -2.22. The van der Waals surface area contributed by atoms with Gasteiger partial charge in [0.15, 0.2) is 0 Å². The minimum absolute atomic E-state index is 0.155. The molecular formula is C9H14N4OS. The van der Waals surface area contributed by atoms with Crippen LogP contribution >= 0.6 is 11.8 Å². The van der Waals surface area contributed by atoms with Crippen molar-refractivity contribution in [1.82, 2.24) is 15.5 Å². The molecule has 1 aliphatic rings. The normalized spacial score (nSPS) is 21.2. The molecular weight excluding hydrogens is 212 g/mol. The minimum Gasteiger partial charge on any atom is -0.396 e. The van der Waals surface area contributed by atoms with Crippen molar-refractivity contribution in [2.24, 2.45) is 0 Å². The fourth-order valence-electron chi connectivity index (χ4n) is 1.59. The van der Waals surface area contributed by atoms with E-state index in [-0.39, 0.29) is 11.9 Å². The number of aromatic amines is 1. The number of nitrogens with one attached hydrogen (secondary N) is 2. The summed E-state index contributed by atoms with van der Waals surface area (Å²) < 4.78 is 0. The zero-order valence-corrected chi connectivity index (χ0v) is 9.14. The molecule has 1 aromatic rings. The molecule has 1 aliphatic heterocycles. The van der Waals surface area contributed by atoms with Crippen molar-refractivity contribution in [3.05, 3.63) is 11.9 Å². The topological polar surface area (TPSA) is 83.8 Å². The highest BCUT2D eigenvalue weighted by atomic mass is 32.2. The first kappa shape index (κ1) is 10.4. The summed E-state index contributed by atoms with van der Waals surface area (Å²) in [5.41, 5.74) is 6.35. The second-order valence-corrected chi connectivity index (χ2v) is 4.74. The predicted molar refractivity (Wildman–Crippen MR) is 60.8 cm³/mol. The number of hydrogen-bond donors (Lipinski definition) is 3. The Hall–Kier alpha value is -1.17. The third-order valence-electron chi connectivity index (χ3n) is 2.39. The lowest BCUT2D eigenvalue weighted by molar-refractivity contribution is 0.0934. The molecule has 0 aliphatic carbocycles. The van der Waals surface area contributed by atoms with Crippen molar-refractivity contribution in [2.45, 2.75) is 18.9 Å². The van der Waals surface area contributed by atoms with Gasteiger partial charge >= 0.3 is 0 Å². The fraction of sp³-hybridized carbons (Fsp3) is 0.556. The predicted octanol–water partition coefficient (Wildman–Crippen LogP) is 0.617. The minimum atomic E-state index is -0.155. The van der Waals surface area contributed by atoms with Crippen molar-refractivity contribution in [1.29, 1.82) is 0 Å². The quantitative estimate of drug-likeness (QED) is 0.690. The lowest BCUT2D eigenvalue weighted by atomic mass is 10.2. The van der Waals surface area contributed by atoms with Crippen molar-refractivity contribution < 1.29 is 4.79 Å². The molecule has 1 unspecified atom stereocenters. The molecule has 0 saturated carbocycles. The van der Waals surface area contributed by atoms with Crippen LogP contribution in [0.4, 0.5) is 5.69 Å². The second kappa shape index (κ2) is 4.57. The highest BCUT2D eigenvalue weighted by Gasteiger charge is 2.18. The Morgan fingerprint density at radius 1 is 1.73 bits per heavy atom. The molecule has 2 heterocycles.